The van der Waals surface area contributed by atoms with Crippen molar-refractivity contribution in [2.45, 2.75) is 19.7 Å². The Labute approximate surface area is 172 Å². The molecular formula is C21H20BrClN2O2. The minimum Gasteiger partial charge on any atom is -0.493 e. The van der Waals surface area contributed by atoms with Gasteiger partial charge in [0, 0.05) is 28.8 Å². The predicted octanol–water partition coefficient (Wildman–Crippen LogP) is 5.37. The molecule has 3 rings (SSSR count). The molecule has 0 aliphatic rings. The minimum atomic E-state index is 0.442. The fraction of sp³-hybridized carbons (Fsp3) is 0.190. The molecule has 0 amide bonds. The van der Waals surface area contributed by atoms with Gasteiger partial charge in [-0.15, -0.1) is 0 Å². The Morgan fingerprint density at radius 1 is 1.04 bits per heavy atom. The monoisotopic (exact) mass is 446 g/mol. The summed E-state index contributed by atoms with van der Waals surface area (Å²) in [5.41, 5.74) is 3.13. The van der Waals surface area contributed by atoms with E-state index in [0.29, 0.717) is 36.2 Å². The van der Waals surface area contributed by atoms with Gasteiger partial charge in [0.05, 0.1) is 12.8 Å². The summed E-state index contributed by atoms with van der Waals surface area (Å²) >= 11 is 9.54. The second-order valence-corrected chi connectivity index (χ2v) is 7.23. The minimum absolute atomic E-state index is 0.442. The second-order valence-electron chi connectivity index (χ2n) is 5.93. The molecule has 0 spiro atoms. The zero-order valence-electron chi connectivity index (χ0n) is 14.9. The highest BCUT2D eigenvalue weighted by molar-refractivity contribution is 9.10. The van der Waals surface area contributed by atoms with E-state index in [0.717, 1.165) is 21.3 Å². The number of nitrogens with one attached hydrogen (secondary N) is 1. The van der Waals surface area contributed by atoms with Gasteiger partial charge in [0.25, 0.3) is 0 Å². The topological polar surface area (TPSA) is 43.4 Å². The van der Waals surface area contributed by atoms with Crippen molar-refractivity contribution in [3.8, 4) is 11.5 Å². The van der Waals surface area contributed by atoms with E-state index in [4.69, 9.17) is 21.1 Å². The van der Waals surface area contributed by atoms with E-state index in [1.165, 1.54) is 0 Å². The lowest BCUT2D eigenvalue weighted by molar-refractivity contribution is 0.284. The largest absolute Gasteiger partial charge is 0.493 e. The molecule has 0 aliphatic heterocycles. The van der Waals surface area contributed by atoms with Crippen LogP contribution in [0.15, 0.2) is 65.3 Å². The number of rotatable bonds is 8. The van der Waals surface area contributed by atoms with E-state index in [2.05, 4.69) is 26.2 Å². The molecule has 0 atom stereocenters. The molecule has 0 saturated carbocycles. The maximum absolute atomic E-state index is 5.94. The number of benzene rings is 2. The normalized spacial score (nSPS) is 10.6. The lowest BCUT2D eigenvalue weighted by Crippen LogP contribution is -2.14. The van der Waals surface area contributed by atoms with Crippen molar-refractivity contribution in [3.63, 3.8) is 0 Å². The van der Waals surface area contributed by atoms with Crippen molar-refractivity contribution < 1.29 is 9.47 Å². The maximum atomic E-state index is 5.94. The molecule has 140 valence electrons. The van der Waals surface area contributed by atoms with Crippen molar-refractivity contribution in [2.75, 3.05) is 7.11 Å². The van der Waals surface area contributed by atoms with Crippen LogP contribution in [0.4, 0.5) is 0 Å². The first kappa shape index (κ1) is 19.7. The Morgan fingerprint density at radius 3 is 2.56 bits per heavy atom. The summed E-state index contributed by atoms with van der Waals surface area (Å²) in [4.78, 5) is 4.31. The predicted molar refractivity (Wildman–Crippen MR) is 111 cm³/mol. The molecule has 3 aromatic rings. The number of hydrogen-bond donors (Lipinski definition) is 1. The molecule has 0 saturated heterocycles. The standard InChI is InChI=1S/C21H20BrClN2O2/c1-26-20-10-16(12-24-13-18-4-2-3-9-25-18)19(22)11-21(20)27-14-15-5-7-17(23)8-6-15/h2-11,24H,12-14H2,1H3. The molecule has 0 unspecified atom stereocenters. The molecule has 1 aromatic heterocycles. The van der Waals surface area contributed by atoms with Gasteiger partial charge in [-0.05, 0) is 47.5 Å². The molecule has 0 fully saturated rings. The van der Waals surface area contributed by atoms with E-state index in [9.17, 15) is 0 Å². The second kappa shape index (κ2) is 9.74. The average molecular weight is 448 g/mol. The fourth-order valence-corrected chi connectivity index (χ4v) is 3.14. The van der Waals surface area contributed by atoms with Gasteiger partial charge in [-0.2, -0.15) is 0 Å². The summed E-state index contributed by atoms with van der Waals surface area (Å²) in [6.07, 6.45) is 1.79. The third-order valence-corrected chi connectivity index (χ3v) is 4.98. The number of hydrogen-bond acceptors (Lipinski definition) is 4. The van der Waals surface area contributed by atoms with Gasteiger partial charge in [-0.25, -0.2) is 0 Å². The SMILES string of the molecule is COc1cc(CNCc2ccccn2)c(Br)cc1OCc1ccc(Cl)cc1. The summed E-state index contributed by atoms with van der Waals surface area (Å²) in [6, 6.07) is 17.4. The highest BCUT2D eigenvalue weighted by Crippen LogP contribution is 2.34. The Balaban J connectivity index is 1.64. The molecule has 0 aliphatic carbocycles. The molecule has 4 nitrogen and oxygen atoms in total. The van der Waals surface area contributed by atoms with E-state index >= 15 is 0 Å². The molecular weight excluding hydrogens is 428 g/mol. The van der Waals surface area contributed by atoms with Crippen LogP contribution in [-0.4, -0.2) is 12.1 Å². The maximum Gasteiger partial charge on any atom is 0.162 e. The van der Waals surface area contributed by atoms with Crippen molar-refractivity contribution >= 4 is 27.5 Å². The van der Waals surface area contributed by atoms with Gasteiger partial charge >= 0.3 is 0 Å². The molecule has 27 heavy (non-hydrogen) atoms. The van der Waals surface area contributed by atoms with Crippen LogP contribution in [0.25, 0.3) is 0 Å². The summed E-state index contributed by atoms with van der Waals surface area (Å²) < 4.78 is 12.4. The zero-order chi connectivity index (χ0) is 19.1. The third kappa shape index (κ3) is 5.70. The zero-order valence-corrected chi connectivity index (χ0v) is 17.3. The molecule has 0 radical (unpaired) electrons. The van der Waals surface area contributed by atoms with Crippen LogP contribution in [0.3, 0.4) is 0 Å². The number of ether oxygens (including phenoxy) is 2. The van der Waals surface area contributed by atoms with Crippen LogP contribution in [0.5, 0.6) is 11.5 Å². The first-order valence-electron chi connectivity index (χ1n) is 8.50. The summed E-state index contributed by atoms with van der Waals surface area (Å²) in [5.74, 6) is 1.38. The summed E-state index contributed by atoms with van der Waals surface area (Å²) in [7, 11) is 1.64. The Hall–Kier alpha value is -2.08. The molecule has 1 N–H and O–H groups in total. The number of nitrogens with zero attached hydrogens (tertiary/aromatic N) is 1. The molecule has 1 heterocycles. The van der Waals surface area contributed by atoms with Gasteiger partial charge in [0.2, 0.25) is 0 Å². The van der Waals surface area contributed by atoms with Crippen molar-refractivity contribution in [1.82, 2.24) is 10.3 Å². The van der Waals surface area contributed by atoms with Gasteiger partial charge in [0.15, 0.2) is 11.5 Å². The first-order valence-corrected chi connectivity index (χ1v) is 9.67. The van der Waals surface area contributed by atoms with Crippen LogP contribution in [0, 0.1) is 0 Å². The summed E-state index contributed by atoms with van der Waals surface area (Å²) in [5, 5.41) is 4.10. The van der Waals surface area contributed by atoms with E-state index in [1.807, 2.05) is 54.6 Å². The summed E-state index contributed by atoms with van der Waals surface area (Å²) in [6.45, 7) is 1.83. The number of halogens is 2. The van der Waals surface area contributed by atoms with Crippen LogP contribution >= 0.6 is 27.5 Å². The van der Waals surface area contributed by atoms with E-state index < -0.39 is 0 Å². The average Bonchev–Trinajstić information content (AvgIpc) is 2.69. The highest BCUT2D eigenvalue weighted by atomic mass is 79.9. The lowest BCUT2D eigenvalue weighted by atomic mass is 10.2. The first-order chi connectivity index (χ1) is 13.2. The van der Waals surface area contributed by atoms with Crippen LogP contribution in [0.1, 0.15) is 16.8 Å². The van der Waals surface area contributed by atoms with Crippen LogP contribution < -0.4 is 14.8 Å². The van der Waals surface area contributed by atoms with Crippen molar-refractivity contribution in [2.24, 2.45) is 0 Å². The number of methoxy groups -OCH3 is 1. The van der Waals surface area contributed by atoms with Crippen LogP contribution in [0.2, 0.25) is 5.02 Å². The fourth-order valence-electron chi connectivity index (χ4n) is 2.55. The van der Waals surface area contributed by atoms with E-state index in [-0.39, 0.29) is 0 Å². The molecule has 0 bridgehead atoms. The smallest absolute Gasteiger partial charge is 0.162 e. The quantitative estimate of drug-likeness (QED) is 0.504. The van der Waals surface area contributed by atoms with Gasteiger partial charge in [-0.1, -0.05) is 45.7 Å². The van der Waals surface area contributed by atoms with Crippen LogP contribution in [-0.2, 0) is 19.7 Å². The number of aromatic nitrogens is 1. The van der Waals surface area contributed by atoms with Crippen molar-refractivity contribution in [1.29, 1.82) is 0 Å². The van der Waals surface area contributed by atoms with Gasteiger partial charge in [0.1, 0.15) is 6.61 Å². The Kier molecular flexibility index (Phi) is 7.10. The molecule has 6 heteroatoms. The Morgan fingerprint density at radius 2 is 1.85 bits per heavy atom. The molecule has 2 aromatic carbocycles. The van der Waals surface area contributed by atoms with Gasteiger partial charge < -0.3 is 14.8 Å². The van der Waals surface area contributed by atoms with Gasteiger partial charge in [-0.3, -0.25) is 4.98 Å². The highest BCUT2D eigenvalue weighted by Gasteiger charge is 2.11. The lowest BCUT2D eigenvalue weighted by Gasteiger charge is -2.14. The number of pyridine rings is 1. The Bertz CT molecular complexity index is 873. The van der Waals surface area contributed by atoms with E-state index in [1.54, 1.807) is 13.3 Å². The third-order valence-electron chi connectivity index (χ3n) is 3.99. The van der Waals surface area contributed by atoms with Crippen molar-refractivity contribution in [3.05, 3.63) is 87.1 Å².